The lowest BCUT2D eigenvalue weighted by molar-refractivity contribution is -0.142. The lowest BCUT2D eigenvalue weighted by Crippen LogP contribution is -2.52. The zero-order valence-electron chi connectivity index (χ0n) is 13.6. The van der Waals surface area contributed by atoms with E-state index in [4.69, 9.17) is 5.11 Å². The zero-order valence-corrected chi connectivity index (χ0v) is 13.6. The van der Waals surface area contributed by atoms with E-state index in [1.54, 1.807) is 6.92 Å². The van der Waals surface area contributed by atoms with Crippen LogP contribution in [0.4, 0.5) is 0 Å². The molecule has 6 nitrogen and oxygen atoms in total. The first-order valence-corrected chi connectivity index (χ1v) is 7.49. The maximum atomic E-state index is 12.2. The minimum absolute atomic E-state index is 0.186. The van der Waals surface area contributed by atoms with Crippen molar-refractivity contribution in [3.05, 3.63) is 0 Å². The van der Waals surface area contributed by atoms with Crippen LogP contribution in [0.25, 0.3) is 0 Å². The van der Waals surface area contributed by atoms with E-state index in [1.165, 1.54) is 0 Å². The molecule has 21 heavy (non-hydrogen) atoms. The van der Waals surface area contributed by atoms with Crippen molar-refractivity contribution < 1.29 is 19.5 Å². The number of aliphatic carboxylic acids is 1. The molecule has 0 bridgehead atoms. The van der Waals surface area contributed by atoms with Gasteiger partial charge in [0.05, 0.1) is 0 Å². The summed E-state index contributed by atoms with van der Waals surface area (Å²) in [6.07, 6.45) is 1.12. The number of hydrogen-bond donors (Lipinski definition) is 3. The Kier molecular flexibility index (Phi) is 8.66. The van der Waals surface area contributed by atoms with Crippen LogP contribution in [0, 0.1) is 11.8 Å². The smallest absolute Gasteiger partial charge is 0.326 e. The molecule has 122 valence electrons. The van der Waals surface area contributed by atoms with Gasteiger partial charge in [-0.3, -0.25) is 9.59 Å². The van der Waals surface area contributed by atoms with Crippen molar-refractivity contribution in [2.24, 2.45) is 11.8 Å². The van der Waals surface area contributed by atoms with Gasteiger partial charge in [-0.15, -0.1) is 0 Å². The summed E-state index contributed by atoms with van der Waals surface area (Å²) in [6.45, 7) is 9.43. The molecule has 0 aromatic heterocycles. The molecular weight excluding hydrogens is 272 g/mol. The van der Waals surface area contributed by atoms with Crippen LogP contribution in [0.3, 0.4) is 0 Å². The average molecular weight is 300 g/mol. The molecule has 0 aliphatic heterocycles. The van der Waals surface area contributed by atoms with E-state index in [2.05, 4.69) is 10.6 Å². The van der Waals surface area contributed by atoms with Crippen molar-refractivity contribution in [2.75, 3.05) is 0 Å². The number of carbonyl (C=O) groups excluding carboxylic acids is 2. The van der Waals surface area contributed by atoms with Crippen LogP contribution in [0.1, 0.15) is 53.9 Å². The van der Waals surface area contributed by atoms with Crippen molar-refractivity contribution in [1.82, 2.24) is 10.6 Å². The predicted molar refractivity (Wildman–Crippen MR) is 80.7 cm³/mol. The summed E-state index contributed by atoms with van der Waals surface area (Å²) >= 11 is 0. The number of amides is 2. The van der Waals surface area contributed by atoms with Crippen LogP contribution < -0.4 is 10.6 Å². The SMILES string of the molecule is CCC(NC(=O)[C@H](CC(C)C)NC(=O)CC(C)C)C(=O)O. The third-order valence-electron chi connectivity index (χ3n) is 2.98. The van der Waals surface area contributed by atoms with Crippen LogP contribution in [-0.2, 0) is 14.4 Å². The molecule has 3 N–H and O–H groups in total. The molecule has 0 aliphatic rings. The minimum atomic E-state index is -1.07. The fraction of sp³-hybridized carbons (Fsp3) is 0.800. The summed E-state index contributed by atoms with van der Waals surface area (Å²) < 4.78 is 0. The summed E-state index contributed by atoms with van der Waals surface area (Å²) in [7, 11) is 0. The highest BCUT2D eigenvalue weighted by molar-refractivity contribution is 5.90. The van der Waals surface area contributed by atoms with Crippen LogP contribution in [-0.4, -0.2) is 35.0 Å². The van der Waals surface area contributed by atoms with E-state index >= 15 is 0 Å². The largest absolute Gasteiger partial charge is 0.480 e. The number of carboxylic acids is 1. The molecule has 0 saturated heterocycles. The normalized spacial score (nSPS) is 13.9. The molecule has 0 rings (SSSR count). The number of carboxylic acid groups (broad SMARTS) is 1. The first kappa shape index (κ1) is 19.4. The van der Waals surface area contributed by atoms with E-state index in [0.29, 0.717) is 19.3 Å². The quantitative estimate of drug-likeness (QED) is 0.602. The Morgan fingerprint density at radius 1 is 0.952 bits per heavy atom. The fourth-order valence-corrected chi connectivity index (χ4v) is 1.94. The van der Waals surface area contributed by atoms with Gasteiger partial charge in [0, 0.05) is 6.42 Å². The molecule has 0 aromatic rings. The lowest BCUT2D eigenvalue weighted by atomic mass is 10.0. The van der Waals surface area contributed by atoms with E-state index in [9.17, 15) is 14.4 Å². The highest BCUT2D eigenvalue weighted by Gasteiger charge is 2.26. The molecule has 0 heterocycles. The number of nitrogens with one attached hydrogen (secondary N) is 2. The second-order valence-electron chi connectivity index (χ2n) is 6.16. The van der Waals surface area contributed by atoms with E-state index in [1.807, 2.05) is 27.7 Å². The molecule has 1 unspecified atom stereocenters. The third kappa shape index (κ3) is 8.32. The van der Waals surface area contributed by atoms with Crippen molar-refractivity contribution in [3.8, 4) is 0 Å². The maximum absolute atomic E-state index is 12.2. The van der Waals surface area contributed by atoms with Gasteiger partial charge in [-0.1, -0.05) is 34.6 Å². The van der Waals surface area contributed by atoms with Gasteiger partial charge in [0.25, 0.3) is 0 Å². The first-order valence-electron chi connectivity index (χ1n) is 7.49. The maximum Gasteiger partial charge on any atom is 0.326 e. The second-order valence-corrected chi connectivity index (χ2v) is 6.16. The van der Waals surface area contributed by atoms with Crippen LogP contribution in [0.15, 0.2) is 0 Å². The van der Waals surface area contributed by atoms with E-state index < -0.39 is 24.0 Å². The van der Waals surface area contributed by atoms with Gasteiger partial charge in [0.2, 0.25) is 11.8 Å². The molecule has 2 atom stereocenters. The van der Waals surface area contributed by atoms with E-state index in [-0.39, 0.29) is 17.7 Å². The molecule has 0 radical (unpaired) electrons. The number of carbonyl (C=O) groups is 3. The minimum Gasteiger partial charge on any atom is -0.480 e. The molecule has 0 aromatic carbocycles. The summed E-state index contributed by atoms with van der Waals surface area (Å²) in [4.78, 5) is 35.0. The van der Waals surface area contributed by atoms with Gasteiger partial charge in [0.1, 0.15) is 12.1 Å². The van der Waals surface area contributed by atoms with Crippen molar-refractivity contribution in [1.29, 1.82) is 0 Å². The second kappa shape index (κ2) is 9.37. The van der Waals surface area contributed by atoms with Crippen molar-refractivity contribution in [3.63, 3.8) is 0 Å². The van der Waals surface area contributed by atoms with Crippen LogP contribution in [0.2, 0.25) is 0 Å². The Hall–Kier alpha value is -1.59. The Labute approximate surface area is 126 Å². The van der Waals surface area contributed by atoms with Gasteiger partial charge in [0.15, 0.2) is 0 Å². The van der Waals surface area contributed by atoms with Gasteiger partial charge in [-0.05, 0) is 24.7 Å². The van der Waals surface area contributed by atoms with Crippen LogP contribution in [0.5, 0.6) is 0 Å². The van der Waals surface area contributed by atoms with Gasteiger partial charge in [-0.25, -0.2) is 4.79 Å². The summed E-state index contributed by atoms with van der Waals surface area (Å²) in [6, 6.07) is -1.61. The molecule has 2 amide bonds. The highest BCUT2D eigenvalue weighted by atomic mass is 16.4. The van der Waals surface area contributed by atoms with Gasteiger partial charge in [-0.2, -0.15) is 0 Å². The average Bonchev–Trinajstić information content (AvgIpc) is 2.32. The summed E-state index contributed by atoms with van der Waals surface area (Å²) in [5, 5.41) is 14.2. The zero-order chi connectivity index (χ0) is 16.6. The fourth-order valence-electron chi connectivity index (χ4n) is 1.94. The topological polar surface area (TPSA) is 95.5 Å². The Morgan fingerprint density at radius 3 is 1.90 bits per heavy atom. The molecular formula is C15H28N2O4. The van der Waals surface area contributed by atoms with Crippen molar-refractivity contribution >= 4 is 17.8 Å². The molecule has 0 saturated carbocycles. The summed E-state index contributed by atoms with van der Waals surface area (Å²) in [5.74, 6) is -1.27. The molecule has 0 aliphatic carbocycles. The van der Waals surface area contributed by atoms with Crippen LogP contribution >= 0.6 is 0 Å². The molecule has 0 fully saturated rings. The first-order chi connectivity index (χ1) is 9.67. The standard InChI is InChI=1S/C15H28N2O4/c1-6-11(15(20)21)17-14(19)12(7-9(2)3)16-13(18)8-10(4)5/h9-12H,6-8H2,1-5H3,(H,16,18)(H,17,19)(H,20,21)/t11?,12-/m0/s1. The van der Waals surface area contributed by atoms with E-state index in [0.717, 1.165) is 0 Å². The Morgan fingerprint density at radius 2 is 1.52 bits per heavy atom. The monoisotopic (exact) mass is 300 g/mol. The highest BCUT2D eigenvalue weighted by Crippen LogP contribution is 2.07. The Bertz CT molecular complexity index is 367. The predicted octanol–water partition coefficient (Wildman–Crippen LogP) is 1.54. The lowest BCUT2D eigenvalue weighted by Gasteiger charge is -2.22. The number of hydrogen-bond acceptors (Lipinski definition) is 3. The van der Waals surface area contributed by atoms with Gasteiger partial charge >= 0.3 is 5.97 Å². The Balaban J connectivity index is 4.76. The molecule has 0 spiro atoms. The van der Waals surface area contributed by atoms with Gasteiger partial charge < -0.3 is 15.7 Å². The summed E-state index contributed by atoms with van der Waals surface area (Å²) in [5.41, 5.74) is 0. The number of rotatable bonds is 9. The van der Waals surface area contributed by atoms with Crippen molar-refractivity contribution in [2.45, 2.75) is 66.0 Å². The molecule has 6 heteroatoms. The third-order valence-corrected chi connectivity index (χ3v) is 2.98.